The number of piperazine rings is 1. The first-order valence-electron chi connectivity index (χ1n) is 10.6. The molecule has 0 bridgehead atoms. The highest BCUT2D eigenvalue weighted by molar-refractivity contribution is 7.91. The minimum atomic E-state index is -3.22. The number of benzene rings is 2. The first-order valence-corrected chi connectivity index (χ1v) is 12.4. The number of hydrogen-bond acceptors (Lipinski definition) is 5. The van der Waals surface area contributed by atoms with E-state index >= 15 is 0 Å². The number of sulfone groups is 1. The number of anilines is 1. The number of amides is 1. The topological polar surface area (TPSA) is 66.9 Å². The quantitative estimate of drug-likeness (QED) is 0.728. The number of nitrogens with zero attached hydrogens (tertiary/aromatic N) is 2. The van der Waals surface area contributed by atoms with Gasteiger partial charge in [-0.25, -0.2) is 8.42 Å². The van der Waals surface area contributed by atoms with E-state index in [1.807, 2.05) is 53.4 Å². The van der Waals surface area contributed by atoms with Crippen LogP contribution in [0.3, 0.4) is 0 Å². The Labute approximate surface area is 184 Å². The predicted molar refractivity (Wildman–Crippen MR) is 122 cm³/mol. The zero-order chi connectivity index (χ0) is 22.4. The maximum atomic E-state index is 13.2. The summed E-state index contributed by atoms with van der Waals surface area (Å²) in [5.41, 5.74) is 2.99. The van der Waals surface area contributed by atoms with Crippen molar-refractivity contribution < 1.29 is 17.9 Å². The number of methoxy groups -OCH3 is 1. The van der Waals surface area contributed by atoms with Gasteiger partial charge in [-0.15, -0.1) is 0 Å². The van der Waals surface area contributed by atoms with Crippen LogP contribution in [0, 0.1) is 0 Å². The van der Waals surface area contributed by atoms with Crippen LogP contribution in [-0.4, -0.2) is 56.5 Å². The molecule has 2 fully saturated rings. The lowest BCUT2D eigenvalue weighted by molar-refractivity contribution is -0.123. The van der Waals surface area contributed by atoms with Gasteiger partial charge < -0.3 is 9.64 Å². The molecule has 2 heterocycles. The molecular weight excluding hydrogens is 412 g/mol. The molecule has 2 atom stereocenters. The van der Waals surface area contributed by atoms with Crippen LogP contribution in [0.15, 0.2) is 48.5 Å². The van der Waals surface area contributed by atoms with Crippen molar-refractivity contribution in [3.63, 3.8) is 0 Å². The molecule has 0 N–H and O–H groups in total. The molecule has 2 aliphatic rings. The first-order chi connectivity index (χ1) is 14.6. The van der Waals surface area contributed by atoms with Gasteiger partial charge in [-0.3, -0.25) is 9.69 Å². The van der Waals surface area contributed by atoms with Gasteiger partial charge in [0.2, 0.25) is 5.91 Å². The molecule has 7 heteroatoms. The van der Waals surface area contributed by atoms with Crippen molar-refractivity contribution in [3.8, 4) is 5.75 Å². The Kier molecular flexibility index (Phi) is 5.60. The highest BCUT2D eigenvalue weighted by atomic mass is 32.2. The highest BCUT2D eigenvalue weighted by Gasteiger charge is 2.49. The molecule has 2 aromatic carbocycles. The lowest BCUT2D eigenvalue weighted by Gasteiger charge is -2.43. The molecule has 6 nitrogen and oxygen atoms in total. The molecule has 4 rings (SSSR count). The summed E-state index contributed by atoms with van der Waals surface area (Å²) in [5, 5.41) is 0. The van der Waals surface area contributed by atoms with Gasteiger partial charge in [-0.05, 0) is 40.8 Å². The van der Waals surface area contributed by atoms with Gasteiger partial charge >= 0.3 is 0 Å². The summed E-state index contributed by atoms with van der Waals surface area (Å²) in [6, 6.07) is 15.0. The second kappa shape index (κ2) is 7.95. The number of ether oxygens (including phenoxy) is 1. The number of rotatable bonds is 4. The van der Waals surface area contributed by atoms with Crippen LogP contribution in [0.25, 0.3) is 0 Å². The van der Waals surface area contributed by atoms with Crippen molar-refractivity contribution in [1.29, 1.82) is 0 Å². The second-order valence-corrected chi connectivity index (χ2v) is 11.7. The Bertz CT molecular complexity index is 1060. The van der Waals surface area contributed by atoms with Gasteiger partial charge in [0, 0.05) is 18.3 Å². The molecule has 2 aromatic rings. The van der Waals surface area contributed by atoms with E-state index in [-0.39, 0.29) is 41.5 Å². The van der Waals surface area contributed by atoms with Crippen molar-refractivity contribution in [2.24, 2.45) is 0 Å². The summed E-state index contributed by atoms with van der Waals surface area (Å²) in [6.45, 7) is 7.16. The summed E-state index contributed by atoms with van der Waals surface area (Å²) in [5.74, 6) is 0.793. The SMILES string of the molecule is COc1ccc(CN2CC(=O)N(c3ccc(C(C)(C)C)cc3)C3CS(=O)(=O)CC32)cc1. The van der Waals surface area contributed by atoms with E-state index in [1.54, 1.807) is 12.0 Å². The fraction of sp³-hybridized carbons (Fsp3) is 0.458. The van der Waals surface area contributed by atoms with Crippen LogP contribution < -0.4 is 9.64 Å². The van der Waals surface area contributed by atoms with Crippen LogP contribution in [0.2, 0.25) is 0 Å². The predicted octanol–water partition coefficient (Wildman–Crippen LogP) is 3.01. The molecule has 1 amide bonds. The average molecular weight is 443 g/mol. The minimum absolute atomic E-state index is 0.00351. The molecule has 0 aliphatic carbocycles. The molecule has 2 unspecified atom stereocenters. The third-order valence-electron chi connectivity index (χ3n) is 6.26. The molecule has 31 heavy (non-hydrogen) atoms. The molecule has 0 aromatic heterocycles. The average Bonchev–Trinajstić information content (AvgIpc) is 3.03. The van der Waals surface area contributed by atoms with Gasteiger partial charge in [0.15, 0.2) is 9.84 Å². The first kappa shape index (κ1) is 21.8. The third-order valence-corrected chi connectivity index (χ3v) is 7.96. The Hall–Kier alpha value is -2.38. The molecule has 0 saturated carbocycles. The van der Waals surface area contributed by atoms with E-state index in [0.29, 0.717) is 6.54 Å². The molecule has 2 saturated heterocycles. The zero-order valence-electron chi connectivity index (χ0n) is 18.5. The highest BCUT2D eigenvalue weighted by Crippen LogP contribution is 2.34. The van der Waals surface area contributed by atoms with Gasteiger partial charge in [0.25, 0.3) is 0 Å². The van der Waals surface area contributed by atoms with Crippen molar-refractivity contribution in [1.82, 2.24) is 4.90 Å². The summed E-state index contributed by atoms with van der Waals surface area (Å²) in [4.78, 5) is 16.9. The maximum absolute atomic E-state index is 13.2. The third kappa shape index (κ3) is 4.48. The second-order valence-electron chi connectivity index (χ2n) is 9.53. The van der Waals surface area contributed by atoms with Crippen molar-refractivity contribution in [2.45, 2.75) is 44.8 Å². The molecule has 0 spiro atoms. The van der Waals surface area contributed by atoms with E-state index in [1.165, 1.54) is 5.56 Å². The van der Waals surface area contributed by atoms with Crippen LogP contribution in [0.5, 0.6) is 5.75 Å². The van der Waals surface area contributed by atoms with Crippen LogP contribution in [0.1, 0.15) is 31.9 Å². The smallest absolute Gasteiger partial charge is 0.241 e. The monoisotopic (exact) mass is 442 g/mol. The van der Waals surface area contributed by atoms with Crippen molar-refractivity contribution in [2.75, 3.05) is 30.1 Å². The number of carbonyl (C=O) groups excluding carboxylic acids is 1. The van der Waals surface area contributed by atoms with Gasteiger partial charge in [0.1, 0.15) is 5.75 Å². The van der Waals surface area contributed by atoms with E-state index < -0.39 is 9.84 Å². The largest absolute Gasteiger partial charge is 0.497 e. The number of hydrogen-bond donors (Lipinski definition) is 0. The Morgan fingerprint density at radius 3 is 2.16 bits per heavy atom. The van der Waals surface area contributed by atoms with E-state index in [4.69, 9.17) is 4.74 Å². The van der Waals surface area contributed by atoms with Crippen molar-refractivity contribution in [3.05, 3.63) is 59.7 Å². The fourth-order valence-corrected chi connectivity index (χ4v) is 6.54. The zero-order valence-corrected chi connectivity index (χ0v) is 19.4. The number of carbonyl (C=O) groups is 1. The normalized spacial score (nSPS) is 23.6. The van der Waals surface area contributed by atoms with Gasteiger partial charge in [-0.1, -0.05) is 45.0 Å². The summed E-state index contributed by atoms with van der Waals surface area (Å²) < 4.78 is 30.3. The number of fused-ring (bicyclic) bond motifs is 1. The van der Waals surface area contributed by atoms with Crippen LogP contribution >= 0.6 is 0 Å². The summed E-state index contributed by atoms with van der Waals surface area (Å²) >= 11 is 0. The molecule has 2 aliphatic heterocycles. The van der Waals surface area contributed by atoms with E-state index in [9.17, 15) is 13.2 Å². The lowest BCUT2D eigenvalue weighted by Crippen LogP contribution is -2.61. The molecule has 166 valence electrons. The van der Waals surface area contributed by atoms with E-state index in [0.717, 1.165) is 17.0 Å². The molecular formula is C24H30N2O4S. The Morgan fingerprint density at radius 1 is 0.968 bits per heavy atom. The van der Waals surface area contributed by atoms with Crippen molar-refractivity contribution >= 4 is 21.4 Å². The lowest BCUT2D eigenvalue weighted by atomic mass is 9.87. The maximum Gasteiger partial charge on any atom is 0.241 e. The summed E-state index contributed by atoms with van der Waals surface area (Å²) in [6.07, 6.45) is 0. The van der Waals surface area contributed by atoms with Crippen LogP contribution in [-0.2, 0) is 26.6 Å². The van der Waals surface area contributed by atoms with Gasteiger partial charge in [0.05, 0.1) is 31.2 Å². The standard InChI is InChI=1S/C24H30N2O4S/c1-24(2,3)18-7-9-19(10-8-18)26-22-16-31(28,29)15-21(22)25(14-23(26)27)13-17-5-11-20(30-4)12-6-17/h5-12,21-22H,13-16H2,1-4H3. The summed E-state index contributed by atoms with van der Waals surface area (Å²) in [7, 11) is -1.60. The van der Waals surface area contributed by atoms with Crippen LogP contribution in [0.4, 0.5) is 5.69 Å². The minimum Gasteiger partial charge on any atom is -0.497 e. The molecule has 0 radical (unpaired) electrons. The fourth-order valence-electron chi connectivity index (χ4n) is 4.55. The Morgan fingerprint density at radius 2 is 1.58 bits per heavy atom. The van der Waals surface area contributed by atoms with Gasteiger partial charge in [-0.2, -0.15) is 0 Å². The van der Waals surface area contributed by atoms with E-state index in [2.05, 4.69) is 20.8 Å². The Balaban J connectivity index is 1.61.